The molecule has 5 heteroatoms. The van der Waals surface area contributed by atoms with Crippen molar-refractivity contribution in [2.45, 2.75) is 6.92 Å². The van der Waals surface area contributed by atoms with E-state index in [1.165, 1.54) is 11.3 Å². The van der Waals surface area contributed by atoms with E-state index in [4.69, 9.17) is 4.55 Å². The predicted octanol–water partition coefficient (Wildman–Crippen LogP) is 1.54. The number of hydrogen-bond acceptors (Lipinski definition) is 3. The van der Waals surface area contributed by atoms with E-state index in [0.717, 1.165) is 0 Å². The highest BCUT2D eigenvalue weighted by Crippen LogP contribution is 2.06. The zero-order valence-electron chi connectivity index (χ0n) is 8.48. The highest BCUT2D eigenvalue weighted by Gasteiger charge is 1.83. The van der Waals surface area contributed by atoms with Gasteiger partial charge in [-0.3, -0.25) is 4.55 Å². The molecule has 1 aromatic carbocycles. The fourth-order valence-corrected chi connectivity index (χ4v) is 0.720. The summed E-state index contributed by atoms with van der Waals surface area (Å²) >= 11 is 0. The average molecular weight is 217 g/mol. The van der Waals surface area contributed by atoms with E-state index in [9.17, 15) is 8.42 Å². The average Bonchev–Trinajstić information content (AvgIpc) is 2.03. The van der Waals surface area contributed by atoms with Crippen molar-refractivity contribution in [3.8, 4) is 0 Å². The van der Waals surface area contributed by atoms with E-state index in [2.05, 4.69) is 36.5 Å². The van der Waals surface area contributed by atoms with Gasteiger partial charge in [-0.05, 0) is 19.1 Å². The van der Waals surface area contributed by atoms with E-state index >= 15 is 0 Å². The van der Waals surface area contributed by atoms with Crippen LogP contribution in [0.15, 0.2) is 24.3 Å². The maximum Gasteiger partial charge on any atom is 0.261 e. The Morgan fingerprint density at radius 1 is 1.21 bits per heavy atom. The maximum absolute atomic E-state index is 9.19. The molecule has 0 saturated carbocycles. The molecular weight excluding hydrogens is 202 g/mol. The summed E-state index contributed by atoms with van der Waals surface area (Å²) in [6.07, 6.45) is 0.715. The monoisotopic (exact) mass is 217 g/mol. The van der Waals surface area contributed by atoms with Crippen molar-refractivity contribution < 1.29 is 13.0 Å². The number of rotatable bonds is 1. The summed E-state index contributed by atoms with van der Waals surface area (Å²) in [6.45, 7) is 2.08. The lowest BCUT2D eigenvalue weighted by Crippen LogP contribution is -1.88. The Bertz CT molecular complexity index is 348. The molecule has 0 radical (unpaired) electrons. The van der Waals surface area contributed by atoms with Gasteiger partial charge in [-0.1, -0.05) is 17.7 Å². The fraction of sp³-hybridized carbons (Fsp3) is 0.333. The molecule has 0 bridgehead atoms. The van der Waals surface area contributed by atoms with Gasteiger partial charge in [0.05, 0.1) is 6.26 Å². The first kappa shape index (κ1) is 12.9. The van der Waals surface area contributed by atoms with Crippen LogP contribution in [-0.2, 0) is 10.1 Å². The van der Waals surface area contributed by atoms with Crippen molar-refractivity contribution in [2.75, 3.05) is 18.6 Å². The van der Waals surface area contributed by atoms with Crippen LogP contribution in [0.3, 0.4) is 0 Å². The zero-order valence-corrected chi connectivity index (χ0v) is 9.30. The fourth-order valence-electron chi connectivity index (χ4n) is 0.720. The van der Waals surface area contributed by atoms with Gasteiger partial charge in [0.2, 0.25) is 0 Å². The zero-order chi connectivity index (χ0) is 11.2. The number of nitrogens with one attached hydrogen (secondary N) is 1. The molecule has 0 unspecified atom stereocenters. The minimum absolute atomic E-state index is 0.715. The largest absolute Gasteiger partial charge is 0.388 e. The molecule has 0 amide bonds. The Kier molecular flexibility index (Phi) is 5.19. The van der Waals surface area contributed by atoms with Crippen LogP contribution in [0.1, 0.15) is 5.56 Å². The van der Waals surface area contributed by atoms with Gasteiger partial charge in [0.25, 0.3) is 10.1 Å². The standard InChI is InChI=1S/C8H11N.CH4O3S/c1-7-3-5-8(9-2)6-4-7;1-5(2,3)4/h3-6,9H,1-2H3;1H3,(H,2,3,4). The lowest BCUT2D eigenvalue weighted by molar-refractivity contribution is 0.490. The summed E-state index contributed by atoms with van der Waals surface area (Å²) in [4.78, 5) is 0. The Morgan fingerprint density at radius 2 is 1.57 bits per heavy atom. The van der Waals surface area contributed by atoms with E-state index in [1.807, 2.05) is 7.05 Å². The molecule has 2 N–H and O–H groups in total. The Hall–Kier alpha value is -1.07. The third-order valence-corrected chi connectivity index (χ3v) is 1.34. The third-order valence-electron chi connectivity index (χ3n) is 1.34. The number of anilines is 1. The van der Waals surface area contributed by atoms with Gasteiger partial charge < -0.3 is 5.32 Å². The summed E-state index contributed by atoms with van der Waals surface area (Å²) in [5.41, 5.74) is 2.47. The Labute approximate surface area is 84.7 Å². The van der Waals surface area contributed by atoms with Crippen LogP contribution in [0.2, 0.25) is 0 Å². The smallest absolute Gasteiger partial charge is 0.261 e. The van der Waals surface area contributed by atoms with Gasteiger partial charge in [0, 0.05) is 12.7 Å². The van der Waals surface area contributed by atoms with E-state index in [1.54, 1.807) is 0 Å². The lowest BCUT2D eigenvalue weighted by Gasteiger charge is -1.97. The molecule has 1 aromatic rings. The van der Waals surface area contributed by atoms with Gasteiger partial charge in [-0.15, -0.1) is 0 Å². The molecule has 4 nitrogen and oxygen atoms in total. The minimum atomic E-state index is -3.67. The van der Waals surface area contributed by atoms with Crippen molar-refractivity contribution in [1.82, 2.24) is 0 Å². The van der Waals surface area contributed by atoms with Crippen molar-refractivity contribution >= 4 is 15.8 Å². The van der Waals surface area contributed by atoms with Crippen LogP contribution >= 0.6 is 0 Å². The molecular formula is C9H15NO3S. The van der Waals surface area contributed by atoms with Crippen LogP contribution in [0.4, 0.5) is 5.69 Å². The maximum atomic E-state index is 9.19. The Balaban J connectivity index is 0.000000292. The van der Waals surface area contributed by atoms with Gasteiger partial charge in [0.1, 0.15) is 0 Å². The second kappa shape index (κ2) is 5.62. The number of benzene rings is 1. The van der Waals surface area contributed by atoms with Gasteiger partial charge >= 0.3 is 0 Å². The molecule has 0 aliphatic rings. The predicted molar refractivity (Wildman–Crippen MR) is 58.2 cm³/mol. The van der Waals surface area contributed by atoms with E-state index in [0.29, 0.717) is 6.26 Å². The second-order valence-electron chi connectivity index (χ2n) is 2.85. The number of aryl methyl sites for hydroxylation is 1. The summed E-state index contributed by atoms with van der Waals surface area (Å²) in [6, 6.07) is 8.31. The number of hydrogen-bond donors (Lipinski definition) is 2. The summed E-state index contributed by atoms with van der Waals surface area (Å²) in [5, 5.41) is 3.05. The quantitative estimate of drug-likeness (QED) is 0.700. The lowest BCUT2D eigenvalue weighted by atomic mass is 10.2. The van der Waals surface area contributed by atoms with Crippen LogP contribution < -0.4 is 5.32 Å². The third kappa shape index (κ3) is 9.02. The van der Waals surface area contributed by atoms with Crippen molar-refractivity contribution in [3.05, 3.63) is 29.8 Å². The van der Waals surface area contributed by atoms with Gasteiger partial charge in [-0.2, -0.15) is 8.42 Å². The van der Waals surface area contributed by atoms with Crippen LogP contribution in [0.25, 0.3) is 0 Å². The summed E-state index contributed by atoms with van der Waals surface area (Å²) in [7, 11) is -1.75. The minimum Gasteiger partial charge on any atom is -0.388 e. The molecule has 0 spiro atoms. The van der Waals surface area contributed by atoms with Crippen molar-refractivity contribution in [1.29, 1.82) is 0 Å². The van der Waals surface area contributed by atoms with Crippen LogP contribution in [-0.4, -0.2) is 26.3 Å². The van der Waals surface area contributed by atoms with Crippen LogP contribution in [0.5, 0.6) is 0 Å². The Morgan fingerprint density at radius 3 is 1.86 bits per heavy atom. The van der Waals surface area contributed by atoms with Crippen molar-refractivity contribution in [2.24, 2.45) is 0 Å². The second-order valence-corrected chi connectivity index (χ2v) is 4.32. The topological polar surface area (TPSA) is 66.4 Å². The molecule has 0 aliphatic heterocycles. The highest BCUT2D eigenvalue weighted by atomic mass is 32.2. The molecule has 80 valence electrons. The van der Waals surface area contributed by atoms with Gasteiger partial charge in [0.15, 0.2) is 0 Å². The molecule has 14 heavy (non-hydrogen) atoms. The molecule has 0 atom stereocenters. The summed E-state index contributed by atoms with van der Waals surface area (Å²) < 4.78 is 25.9. The van der Waals surface area contributed by atoms with E-state index in [-0.39, 0.29) is 0 Å². The first-order chi connectivity index (χ1) is 6.33. The molecule has 0 heterocycles. The van der Waals surface area contributed by atoms with Gasteiger partial charge in [-0.25, -0.2) is 0 Å². The van der Waals surface area contributed by atoms with E-state index < -0.39 is 10.1 Å². The first-order valence-corrected chi connectivity index (χ1v) is 5.84. The molecule has 0 fully saturated rings. The summed E-state index contributed by atoms with van der Waals surface area (Å²) in [5.74, 6) is 0. The molecule has 0 aromatic heterocycles. The SMILES string of the molecule is CNc1ccc(C)cc1.CS(=O)(=O)O. The molecule has 0 aliphatic carbocycles. The van der Waals surface area contributed by atoms with Crippen molar-refractivity contribution in [3.63, 3.8) is 0 Å². The first-order valence-electron chi connectivity index (χ1n) is 4.00. The van der Waals surface area contributed by atoms with Crippen LogP contribution in [0, 0.1) is 6.92 Å². The highest BCUT2D eigenvalue weighted by molar-refractivity contribution is 7.85. The normalized spacial score (nSPS) is 10.0. The molecule has 0 saturated heterocycles. The molecule has 1 rings (SSSR count).